The summed E-state index contributed by atoms with van der Waals surface area (Å²) < 4.78 is 0. The molecule has 0 bridgehead atoms. The number of carbonyl (C=O) groups is 3. The normalized spacial score (nSPS) is 19.3. The predicted molar refractivity (Wildman–Crippen MR) is 38.7 cm³/mol. The highest BCUT2D eigenvalue weighted by atomic mass is 16.4. The van der Waals surface area contributed by atoms with Crippen molar-refractivity contribution < 1.29 is 19.5 Å². The van der Waals surface area contributed by atoms with Crippen LogP contribution in [-0.2, 0) is 14.4 Å². The molecule has 0 aliphatic carbocycles. The average molecular weight is 171 g/mol. The van der Waals surface area contributed by atoms with Crippen molar-refractivity contribution >= 4 is 18.0 Å². The molecule has 5 nitrogen and oxygen atoms in total. The van der Waals surface area contributed by atoms with Crippen molar-refractivity contribution in [2.24, 2.45) is 0 Å². The molecule has 0 saturated carbocycles. The van der Waals surface area contributed by atoms with Gasteiger partial charge in [0.2, 0.25) is 5.78 Å². The minimum Gasteiger partial charge on any atom is -0.480 e. The molecule has 1 aliphatic heterocycles. The minimum absolute atomic E-state index is 0.0666. The topological polar surface area (TPSA) is 74.7 Å². The molecule has 1 saturated heterocycles. The smallest absolute Gasteiger partial charge is 0.329 e. The van der Waals surface area contributed by atoms with Crippen LogP contribution in [0.15, 0.2) is 0 Å². The van der Waals surface area contributed by atoms with E-state index >= 15 is 0 Å². The first-order valence-electron chi connectivity index (χ1n) is 3.62. The van der Waals surface area contributed by atoms with Gasteiger partial charge < -0.3 is 5.11 Å². The maximum atomic E-state index is 10.8. The quantitative estimate of drug-likeness (QED) is 0.330. The highest BCUT2D eigenvalue weighted by Crippen LogP contribution is 2.11. The van der Waals surface area contributed by atoms with Gasteiger partial charge in [-0.15, -0.1) is 0 Å². The molecule has 1 heterocycles. The summed E-state index contributed by atoms with van der Waals surface area (Å²) in [4.78, 5) is 32.8. The van der Waals surface area contributed by atoms with Crippen molar-refractivity contribution in [1.82, 2.24) is 4.90 Å². The summed E-state index contributed by atoms with van der Waals surface area (Å²) in [5.41, 5.74) is 0. The number of nitrogens with zero attached hydrogens (tertiary/aromatic N) is 1. The van der Waals surface area contributed by atoms with Crippen LogP contribution in [0.25, 0.3) is 0 Å². The number of aliphatic carboxylic acids is 1. The van der Waals surface area contributed by atoms with Gasteiger partial charge in [0.15, 0.2) is 12.3 Å². The number of hydrogen-bond donors (Lipinski definition) is 1. The Balaban J connectivity index is 2.65. The second-order valence-corrected chi connectivity index (χ2v) is 2.65. The summed E-state index contributed by atoms with van der Waals surface area (Å²) in [6, 6.07) is -1.25. The number of aldehydes is 1. The molecule has 66 valence electrons. The number of carboxylic acid groups (broad SMARTS) is 1. The number of hydrogen-bond acceptors (Lipinski definition) is 4. The zero-order chi connectivity index (χ0) is 9.14. The second-order valence-electron chi connectivity index (χ2n) is 2.65. The lowest BCUT2D eigenvalue weighted by Crippen LogP contribution is -2.53. The summed E-state index contributed by atoms with van der Waals surface area (Å²) in [6.45, 7) is 1.16. The van der Waals surface area contributed by atoms with Crippen molar-refractivity contribution in [3.8, 4) is 0 Å². The van der Waals surface area contributed by atoms with Crippen LogP contribution in [0.4, 0.5) is 0 Å². The Morgan fingerprint density at radius 2 is 2.00 bits per heavy atom. The van der Waals surface area contributed by atoms with Crippen molar-refractivity contribution in [3.05, 3.63) is 0 Å². The van der Waals surface area contributed by atoms with Gasteiger partial charge in [-0.2, -0.15) is 0 Å². The van der Waals surface area contributed by atoms with Crippen molar-refractivity contribution in [2.45, 2.75) is 12.5 Å². The summed E-state index contributed by atoms with van der Waals surface area (Å²) >= 11 is 0. The number of rotatable bonds is 4. The Labute approximate surface area is 69.0 Å². The molecule has 0 aromatic heterocycles. The molecule has 0 spiro atoms. The fourth-order valence-electron chi connectivity index (χ4n) is 1.12. The molecule has 1 atom stereocenters. The van der Waals surface area contributed by atoms with Gasteiger partial charge in [-0.25, -0.2) is 0 Å². The third-order valence-electron chi connectivity index (χ3n) is 1.88. The molecule has 0 aromatic rings. The molecule has 1 rings (SSSR count). The fourth-order valence-corrected chi connectivity index (χ4v) is 1.12. The van der Waals surface area contributed by atoms with E-state index in [0.29, 0.717) is 13.1 Å². The zero-order valence-corrected chi connectivity index (χ0v) is 6.40. The summed E-state index contributed by atoms with van der Waals surface area (Å²) in [5, 5.41) is 8.59. The van der Waals surface area contributed by atoms with Crippen LogP contribution < -0.4 is 0 Å². The Kier molecular flexibility index (Phi) is 2.54. The van der Waals surface area contributed by atoms with Gasteiger partial charge >= 0.3 is 5.97 Å². The van der Waals surface area contributed by atoms with E-state index < -0.39 is 17.8 Å². The first-order chi connectivity index (χ1) is 5.66. The van der Waals surface area contributed by atoms with Crippen LogP contribution in [-0.4, -0.2) is 47.2 Å². The van der Waals surface area contributed by atoms with E-state index in [0.717, 1.165) is 6.42 Å². The largest absolute Gasteiger partial charge is 0.480 e. The van der Waals surface area contributed by atoms with E-state index in [1.807, 2.05) is 0 Å². The molecule has 0 amide bonds. The third-order valence-corrected chi connectivity index (χ3v) is 1.88. The Morgan fingerprint density at radius 3 is 2.25 bits per heavy atom. The second kappa shape index (κ2) is 3.44. The van der Waals surface area contributed by atoms with E-state index in [4.69, 9.17) is 5.11 Å². The van der Waals surface area contributed by atoms with Gasteiger partial charge in [0.1, 0.15) is 0 Å². The van der Waals surface area contributed by atoms with Gasteiger partial charge in [0.25, 0.3) is 0 Å². The van der Waals surface area contributed by atoms with Gasteiger partial charge in [0.05, 0.1) is 0 Å². The van der Waals surface area contributed by atoms with Crippen molar-refractivity contribution in [3.63, 3.8) is 0 Å². The van der Waals surface area contributed by atoms with Gasteiger partial charge in [-0.05, 0) is 6.42 Å². The number of carbonyl (C=O) groups excluding carboxylic acids is 2. The average Bonchev–Trinajstić information content (AvgIpc) is 1.94. The van der Waals surface area contributed by atoms with E-state index in [9.17, 15) is 14.4 Å². The molecule has 1 fully saturated rings. The van der Waals surface area contributed by atoms with Crippen molar-refractivity contribution in [1.29, 1.82) is 0 Å². The molecular formula is C7H9NO4. The number of Topliss-reactive ketones (excluding diaryl/α,β-unsaturated/α-hetero) is 1. The van der Waals surface area contributed by atoms with Crippen LogP contribution >= 0.6 is 0 Å². The predicted octanol–water partition coefficient (Wildman–Crippen LogP) is -1.09. The Morgan fingerprint density at radius 1 is 1.42 bits per heavy atom. The number of ketones is 1. The standard InChI is InChI=1S/C7H9NO4/c9-4-5(10)6(7(11)12)8-2-1-3-8/h4,6H,1-3H2,(H,11,12). The van der Waals surface area contributed by atoms with Crippen LogP contribution in [0.3, 0.4) is 0 Å². The van der Waals surface area contributed by atoms with E-state index in [-0.39, 0.29) is 6.29 Å². The molecule has 5 heteroatoms. The summed E-state index contributed by atoms with van der Waals surface area (Å²) in [7, 11) is 0. The lowest BCUT2D eigenvalue weighted by atomic mass is 10.1. The third kappa shape index (κ3) is 1.50. The highest BCUT2D eigenvalue weighted by molar-refractivity contribution is 6.32. The van der Waals surface area contributed by atoms with E-state index in [2.05, 4.69) is 0 Å². The molecule has 0 aromatic carbocycles. The van der Waals surface area contributed by atoms with E-state index in [1.54, 1.807) is 0 Å². The first kappa shape index (κ1) is 8.86. The highest BCUT2D eigenvalue weighted by Gasteiger charge is 2.35. The molecule has 1 N–H and O–H groups in total. The maximum absolute atomic E-state index is 10.8. The number of likely N-dealkylation sites (tertiary alicyclic amines) is 1. The van der Waals surface area contributed by atoms with Crippen LogP contribution in [0.1, 0.15) is 6.42 Å². The van der Waals surface area contributed by atoms with E-state index in [1.165, 1.54) is 4.90 Å². The van der Waals surface area contributed by atoms with Gasteiger partial charge in [-0.3, -0.25) is 19.3 Å². The first-order valence-corrected chi connectivity index (χ1v) is 3.62. The lowest BCUT2D eigenvalue weighted by molar-refractivity contribution is -0.151. The minimum atomic E-state index is -1.25. The molecule has 1 unspecified atom stereocenters. The summed E-state index contributed by atoms with van der Waals surface area (Å²) in [5.74, 6) is -2.12. The van der Waals surface area contributed by atoms with Crippen LogP contribution in [0, 0.1) is 0 Å². The molecular weight excluding hydrogens is 162 g/mol. The zero-order valence-electron chi connectivity index (χ0n) is 6.40. The summed E-state index contributed by atoms with van der Waals surface area (Å²) in [6.07, 6.45) is 0.951. The van der Waals surface area contributed by atoms with Crippen LogP contribution in [0.5, 0.6) is 0 Å². The maximum Gasteiger partial charge on any atom is 0.329 e. The number of carboxylic acids is 1. The SMILES string of the molecule is O=CC(=O)C(C(=O)O)N1CCC1. The van der Waals surface area contributed by atoms with Crippen molar-refractivity contribution in [2.75, 3.05) is 13.1 Å². The Bertz CT molecular complexity index is 221. The molecule has 0 radical (unpaired) electrons. The monoisotopic (exact) mass is 171 g/mol. The lowest BCUT2D eigenvalue weighted by Gasteiger charge is -2.33. The fraction of sp³-hybridized carbons (Fsp3) is 0.571. The molecule has 1 aliphatic rings. The van der Waals surface area contributed by atoms with Crippen LogP contribution in [0.2, 0.25) is 0 Å². The van der Waals surface area contributed by atoms with Gasteiger partial charge in [0, 0.05) is 13.1 Å². The van der Waals surface area contributed by atoms with Gasteiger partial charge in [-0.1, -0.05) is 0 Å². The molecule has 12 heavy (non-hydrogen) atoms. The Hall–Kier alpha value is -1.23.